The summed E-state index contributed by atoms with van der Waals surface area (Å²) in [5.74, 6) is -0.273. The van der Waals surface area contributed by atoms with Crippen molar-refractivity contribution in [3.63, 3.8) is 0 Å². The molecule has 0 spiro atoms. The standard InChI is InChI=1S/C22H19N3O2S/c1-3-25-19-7-5-4-6-16(19)12-20(25)22-24-18(13-28-22)21(27)23-17-10-8-15(9-11-17)14(2)26/h4-13H,3H2,1-2H3,(H,23,27). The van der Waals surface area contributed by atoms with Crippen molar-refractivity contribution in [2.45, 2.75) is 20.4 Å². The lowest BCUT2D eigenvalue weighted by molar-refractivity contribution is 0.101. The van der Waals surface area contributed by atoms with E-state index >= 15 is 0 Å². The summed E-state index contributed by atoms with van der Waals surface area (Å²) in [5.41, 5.74) is 3.79. The number of aryl methyl sites for hydroxylation is 1. The summed E-state index contributed by atoms with van der Waals surface area (Å²) >= 11 is 1.46. The Labute approximate surface area is 166 Å². The molecule has 2 heterocycles. The van der Waals surface area contributed by atoms with Crippen LogP contribution in [0.5, 0.6) is 0 Å². The first kappa shape index (κ1) is 18.1. The normalized spacial score (nSPS) is 10.9. The number of carbonyl (C=O) groups excluding carboxylic acids is 2. The van der Waals surface area contributed by atoms with Crippen molar-refractivity contribution in [1.29, 1.82) is 0 Å². The molecule has 0 saturated carbocycles. The number of ketones is 1. The number of benzene rings is 2. The molecule has 1 N–H and O–H groups in total. The van der Waals surface area contributed by atoms with Gasteiger partial charge in [-0.2, -0.15) is 0 Å². The zero-order valence-corrected chi connectivity index (χ0v) is 16.4. The number of nitrogens with one attached hydrogen (secondary N) is 1. The second-order valence-electron chi connectivity index (χ2n) is 6.46. The third kappa shape index (κ3) is 3.34. The van der Waals surface area contributed by atoms with Crippen LogP contribution in [0.4, 0.5) is 5.69 Å². The van der Waals surface area contributed by atoms with Crippen molar-refractivity contribution in [3.05, 3.63) is 71.2 Å². The lowest BCUT2D eigenvalue weighted by atomic mass is 10.1. The van der Waals surface area contributed by atoms with E-state index in [0.717, 1.165) is 28.1 Å². The van der Waals surface area contributed by atoms with Gasteiger partial charge >= 0.3 is 0 Å². The van der Waals surface area contributed by atoms with Crippen LogP contribution in [0.3, 0.4) is 0 Å². The Hall–Kier alpha value is -3.25. The van der Waals surface area contributed by atoms with E-state index in [0.29, 0.717) is 16.9 Å². The molecule has 4 rings (SSSR count). The van der Waals surface area contributed by atoms with E-state index in [1.165, 1.54) is 18.3 Å². The van der Waals surface area contributed by atoms with Gasteiger partial charge in [-0.15, -0.1) is 11.3 Å². The van der Waals surface area contributed by atoms with E-state index < -0.39 is 0 Å². The summed E-state index contributed by atoms with van der Waals surface area (Å²) in [6.45, 7) is 4.44. The Bertz CT molecular complexity index is 1170. The molecule has 0 saturated heterocycles. The van der Waals surface area contributed by atoms with Crippen LogP contribution in [0, 0.1) is 0 Å². The van der Waals surface area contributed by atoms with Gasteiger partial charge in [-0.25, -0.2) is 4.98 Å². The number of para-hydroxylation sites is 1. The minimum Gasteiger partial charge on any atom is -0.339 e. The number of amides is 1. The Balaban J connectivity index is 1.59. The largest absolute Gasteiger partial charge is 0.339 e. The van der Waals surface area contributed by atoms with E-state index in [1.807, 2.05) is 12.1 Å². The molecule has 2 aromatic heterocycles. The molecule has 5 nitrogen and oxygen atoms in total. The van der Waals surface area contributed by atoms with Gasteiger partial charge in [-0.1, -0.05) is 18.2 Å². The van der Waals surface area contributed by atoms with Crippen LogP contribution in [0.25, 0.3) is 21.6 Å². The third-order valence-corrected chi connectivity index (χ3v) is 5.50. The molecule has 0 atom stereocenters. The van der Waals surface area contributed by atoms with Crippen LogP contribution in [-0.2, 0) is 6.54 Å². The van der Waals surface area contributed by atoms with E-state index in [-0.39, 0.29) is 11.7 Å². The van der Waals surface area contributed by atoms with Gasteiger partial charge in [0.1, 0.15) is 10.7 Å². The minimum absolute atomic E-state index is 0.00617. The van der Waals surface area contributed by atoms with Crippen LogP contribution in [0.15, 0.2) is 60.0 Å². The maximum atomic E-state index is 12.6. The van der Waals surface area contributed by atoms with Gasteiger partial charge in [0.05, 0.1) is 5.69 Å². The summed E-state index contributed by atoms with van der Waals surface area (Å²) in [6, 6.07) is 17.2. The third-order valence-electron chi connectivity index (χ3n) is 4.63. The van der Waals surface area contributed by atoms with Gasteiger partial charge < -0.3 is 9.88 Å². The van der Waals surface area contributed by atoms with Crippen molar-refractivity contribution in [2.75, 3.05) is 5.32 Å². The SMILES string of the molecule is CCn1c(-c2nc(C(=O)Nc3ccc(C(C)=O)cc3)cs2)cc2ccccc21. The Morgan fingerprint density at radius 1 is 1.11 bits per heavy atom. The van der Waals surface area contributed by atoms with Gasteiger partial charge in [0.25, 0.3) is 5.91 Å². The lowest BCUT2D eigenvalue weighted by Crippen LogP contribution is -2.12. The fourth-order valence-electron chi connectivity index (χ4n) is 3.21. The monoisotopic (exact) mass is 389 g/mol. The molecule has 2 aromatic carbocycles. The van der Waals surface area contributed by atoms with E-state index in [4.69, 9.17) is 0 Å². The molecule has 0 bridgehead atoms. The van der Waals surface area contributed by atoms with Gasteiger partial charge in [0.15, 0.2) is 5.78 Å². The number of thiazole rings is 1. The maximum absolute atomic E-state index is 12.6. The van der Waals surface area contributed by atoms with Crippen molar-refractivity contribution in [1.82, 2.24) is 9.55 Å². The summed E-state index contributed by atoms with van der Waals surface area (Å²) in [5, 5.41) is 6.57. The second-order valence-corrected chi connectivity index (χ2v) is 7.32. The number of rotatable bonds is 5. The molecule has 0 aliphatic carbocycles. The van der Waals surface area contributed by atoms with Gasteiger partial charge in [0, 0.05) is 34.1 Å². The molecule has 1 amide bonds. The Kier molecular flexibility index (Phi) is 4.79. The maximum Gasteiger partial charge on any atom is 0.275 e. The Morgan fingerprint density at radius 3 is 2.57 bits per heavy atom. The molecule has 6 heteroatoms. The molecular formula is C22H19N3O2S. The highest BCUT2D eigenvalue weighted by molar-refractivity contribution is 7.13. The van der Waals surface area contributed by atoms with Gasteiger partial charge in [-0.05, 0) is 50.2 Å². The minimum atomic E-state index is -0.266. The topological polar surface area (TPSA) is 64.0 Å². The molecule has 0 radical (unpaired) electrons. The number of nitrogens with zero attached hydrogens (tertiary/aromatic N) is 2. The molecule has 4 aromatic rings. The van der Waals surface area contributed by atoms with Crippen molar-refractivity contribution < 1.29 is 9.59 Å². The summed E-state index contributed by atoms with van der Waals surface area (Å²) < 4.78 is 2.20. The van der Waals surface area contributed by atoms with Crippen LogP contribution in [0.1, 0.15) is 34.7 Å². The summed E-state index contributed by atoms with van der Waals surface area (Å²) in [7, 11) is 0. The molecule has 0 aliphatic rings. The highest BCUT2D eigenvalue weighted by Crippen LogP contribution is 2.30. The van der Waals surface area contributed by atoms with Gasteiger partial charge in [0.2, 0.25) is 0 Å². The van der Waals surface area contributed by atoms with Crippen LogP contribution < -0.4 is 5.32 Å². The van der Waals surface area contributed by atoms with Gasteiger partial charge in [-0.3, -0.25) is 9.59 Å². The number of anilines is 1. The van der Waals surface area contributed by atoms with E-state index in [1.54, 1.807) is 29.6 Å². The molecule has 0 aliphatic heterocycles. The zero-order chi connectivity index (χ0) is 19.7. The van der Waals surface area contributed by atoms with Crippen LogP contribution >= 0.6 is 11.3 Å². The summed E-state index contributed by atoms with van der Waals surface area (Å²) in [6.07, 6.45) is 0. The number of carbonyl (C=O) groups is 2. The first-order valence-electron chi connectivity index (χ1n) is 9.03. The molecule has 140 valence electrons. The van der Waals surface area contributed by atoms with E-state index in [2.05, 4.69) is 40.0 Å². The number of hydrogen-bond donors (Lipinski definition) is 1. The molecule has 0 unspecified atom stereocenters. The predicted octanol–water partition coefficient (Wildman–Crippen LogP) is 5.24. The summed E-state index contributed by atoms with van der Waals surface area (Å²) in [4.78, 5) is 28.5. The molecular weight excluding hydrogens is 370 g/mol. The van der Waals surface area contributed by atoms with Crippen LogP contribution in [-0.4, -0.2) is 21.2 Å². The number of Topliss-reactive ketones (excluding diaryl/α,β-unsaturated/α-hetero) is 1. The number of fused-ring (bicyclic) bond motifs is 1. The first-order valence-corrected chi connectivity index (χ1v) is 9.91. The van der Waals surface area contributed by atoms with E-state index in [9.17, 15) is 9.59 Å². The molecule has 28 heavy (non-hydrogen) atoms. The highest BCUT2D eigenvalue weighted by atomic mass is 32.1. The quantitative estimate of drug-likeness (QED) is 0.475. The van der Waals surface area contributed by atoms with Crippen molar-refractivity contribution >= 4 is 39.6 Å². The van der Waals surface area contributed by atoms with Crippen LogP contribution in [0.2, 0.25) is 0 Å². The zero-order valence-electron chi connectivity index (χ0n) is 15.6. The average Bonchev–Trinajstić information content (AvgIpc) is 3.33. The smallest absolute Gasteiger partial charge is 0.275 e. The fraction of sp³-hybridized carbons (Fsp3) is 0.136. The molecule has 0 fully saturated rings. The highest BCUT2D eigenvalue weighted by Gasteiger charge is 2.16. The number of hydrogen-bond acceptors (Lipinski definition) is 4. The Morgan fingerprint density at radius 2 is 1.86 bits per heavy atom. The lowest BCUT2D eigenvalue weighted by Gasteiger charge is -2.05. The second kappa shape index (κ2) is 7.40. The predicted molar refractivity (Wildman–Crippen MR) is 113 cm³/mol. The first-order chi connectivity index (χ1) is 13.6. The van der Waals surface area contributed by atoms with Crippen molar-refractivity contribution in [2.24, 2.45) is 0 Å². The average molecular weight is 389 g/mol. The van der Waals surface area contributed by atoms with Crippen molar-refractivity contribution in [3.8, 4) is 10.7 Å². The number of aromatic nitrogens is 2. The fourth-order valence-corrected chi connectivity index (χ4v) is 4.03.